The molecule has 20 heavy (non-hydrogen) atoms. The Bertz CT molecular complexity index is 752. The SMILES string of the molecule is Cc1ncc(-n2ccnc2)cc1-c1ccc(Cl)c(Cl)c1. The molecule has 0 aliphatic carbocycles. The van der Waals surface area contributed by atoms with Crippen LogP contribution in [0.2, 0.25) is 10.0 Å². The molecular formula is C15H11Cl2N3. The minimum Gasteiger partial charge on any atom is -0.305 e. The molecule has 0 radical (unpaired) electrons. The molecule has 100 valence electrons. The summed E-state index contributed by atoms with van der Waals surface area (Å²) in [5, 5.41) is 1.09. The van der Waals surface area contributed by atoms with Crippen molar-refractivity contribution in [2.75, 3.05) is 0 Å². The van der Waals surface area contributed by atoms with Crippen LogP contribution < -0.4 is 0 Å². The fourth-order valence-electron chi connectivity index (χ4n) is 2.03. The molecule has 0 spiro atoms. The maximum Gasteiger partial charge on any atom is 0.0992 e. The maximum atomic E-state index is 6.09. The molecule has 2 heterocycles. The number of aryl methyl sites for hydroxylation is 1. The highest BCUT2D eigenvalue weighted by atomic mass is 35.5. The molecule has 0 amide bonds. The van der Waals surface area contributed by atoms with E-state index in [9.17, 15) is 0 Å². The van der Waals surface area contributed by atoms with E-state index in [-0.39, 0.29) is 0 Å². The lowest BCUT2D eigenvalue weighted by molar-refractivity contribution is 1.03. The summed E-state index contributed by atoms with van der Waals surface area (Å²) < 4.78 is 1.91. The molecule has 0 unspecified atom stereocenters. The van der Waals surface area contributed by atoms with E-state index >= 15 is 0 Å². The van der Waals surface area contributed by atoms with E-state index < -0.39 is 0 Å². The number of imidazole rings is 1. The van der Waals surface area contributed by atoms with E-state index in [1.807, 2.05) is 36.0 Å². The minimum atomic E-state index is 0.539. The molecule has 0 fully saturated rings. The molecule has 3 aromatic rings. The second kappa shape index (κ2) is 5.27. The van der Waals surface area contributed by atoms with Gasteiger partial charge in [-0.25, -0.2) is 4.98 Å². The second-order valence-corrected chi connectivity index (χ2v) is 5.24. The van der Waals surface area contributed by atoms with Gasteiger partial charge in [0.15, 0.2) is 0 Å². The fraction of sp³-hybridized carbons (Fsp3) is 0.0667. The molecular weight excluding hydrogens is 293 g/mol. The smallest absolute Gasteiger partial charge is 0.0992 e. The first kappa shape index (κ1) is 13.2. The topological polar surface area (TPSA) is 30.7 Å². The van der Waals surface area contributed by atoms with Crippen LogP contribution >= 0.6 is 23.2 Å². The summed E-state index contributed by atoms with van der Waals surface area (Å²) in [5.41, 5.74) is 3.91. The van der Waals surface area contributed by atoms with E-state index in [0.717, 1.165) is 22.5 Å². The molecule has 0 saturated heterocycles. The summed E-state index contributed by atoms with van der Waals surface area (Å²) in [7, 11) is 0. The van der Waals surface area contributed by atoms with Gasteiger partial charge in [0.2, 0.25) is 0 Å². The van der Waals surface area contributed by atoms with Crippen LogP contribution in [0.4, 0.5) is 0 Å². The van der Waals surface area contributed by atoms with Crippen LogP contribution in [0.5, 0.6) is 0 Å². The lowest BCUT2D eigenvalue weighted by atomic mass is 10.0. The van der Waals surface area contributed by atoms with Gasteiger partial charge in [-0.1, -0.05) is 29.3 Å². The molecule has 0 atom stereocenters. The van der Waals surface area contributed by atoms with Gasteiger partial charge in [0.1, 0.15) is 0 Å². The highest BCUT2D eigenvalue weighted by Gasteiger charge is 2.08. The summed E-state index contributed by atoms with van der Waals surface area (Å²) in [6.07, 6.45) is 7.17. The molecule has 1 aromatic carbocycles. The number of rotatable bonds is 2. The predicted molar refractivity (Wildman–Crippen MR) is 81.6 cm³/mol. The zero-order chi connectivity index (χ0) is 14.1. The number of hydrogen-bond acceptors (Lipinski definition) is 2. The molecule has 2 aromatic heterocycles. The van der Waals surface area contributed by atoms with Gasteiger partial charge < -0.3 is 4.57 Å². The normalized spacial score (nSPS) is 10.8. The summed E-state index contributed by atoms with van der Waals surface area (Å²) >= 11 is 12.0. The molecule has 0 aliphatic rings. The largest absolute Gasteiger partial charge is 0.305 e. The van der Waals surface area contributed by atoms with Gasteiger partial charge in [-0.2, -0.15) is 0 Å². The van der Waals surface area contributed by atoms with Crippen LogP contribution in [0.25, 0.3) is 16.8 Å². The van der Waals surface area contributed by atoms with Crippen LogP contribution in [0.3, 0.4) is 0 Å². The average Bonchev–Trinajstić information content (AvgIpc) is 2.97. The number of halogens is 2. The Morgan fingerprint density at radius 2 is 1.95 bits per heavy atom. The summed E-state index contributed by atoms with van der Waals surface area (Å²) in [6, 6.07) is 7.65. The van der Waals surface area contributed by atoms with Crippen LogP contribution in [0, 0.1) is 6.92 Å². The Morgan fingerprint density at radius 3 is 2.65 bits per heavy atom. The fourth-order valence-corrected chi connectivity index (χ4v) is 2.33. The number of pyridine rings is 1. The van der Waals surface area contributed by atoms with E-state index in [0.29, 0.717) is 10.0 Å². The summed E-state index contributed by atoms with van der Waals surface area (Å²) in [4.78, 5) is 8.48. The molecule has 0 aliphatic heterocycles. The van der Waals surface area contributed by atoms with Crippen LogP contribution in [-0.4, -0.2) is 14.5 Å². The van der Waals surface area contributed by atoms with Gasteiger partial charge in [-0.05, 0) is 30.7 Å². The lowest BCUT2D eigenvalue weighted by Gasteiger charge is -2.10. The molecule has 3 nitrogen and oxygen atoms in total. The first-order chi connectivity index (χ1) is 9.65. The average molecular weight is 304 g/mol. The third-order valence-corrected chi connectivity index (χ3v) is 3.84. The van der Waals surface area contributed by atoms with Gasteiger partial charge in [-0.3, -0.25) is 4.98 Å². The summed E-state index contributed by atoms with van der Waals surface area (Å²) in [6.45, 7) is 1.97. The van der Waals surface area contributed by atoms with Crippen molar-refractivity contribution in [2.45, 2.75) is 6.92 Å². The second-order valence-electron chi connectivity index (χ2n) is 4.43. The third kappa shape index (κ3) is 2.42. The highest BCUT2D eigenvalue weighted by Crippen LogP contribution is 2.30. The van der Waals surface area contributed by atoms with Gasteiger partial charge in [0.05, 0.1) is 28.3 Å². The molecule has 0 saturated carbocycles. The number of benzene rings is 1. The Balaban J connectivity index is 2.13. The monoisotopic (exact) mass is 303 g/mol. The quantitative estimate of drug-likeness (QED) is 0.695. The van der Waals surface area contributed by atoms with Gasteiger partial charge in [-0.15, -0.1) is 0 Å². The van der Waals surface area contributed by atoms with E-state index in [1.54, 1.807) is 18.6 Å². The number of nitrogens with zero attached hydrogens (tertiary/aromatic N) is 3. The Morgan fingerprint density at radius 1 is 1.10 bits per heavy atom. The van der Waals surface area contributed by atoms with Crippen molar-refractivity contribution >= 4 is 23.2 Å². The van der Waals surface area contributed by atoms with Crippen molar-refractivity contribution in [3.8, 4) is 16.8 Å². The molecule has 5 heteroatoms. The highest BCUT2D eigenvalue weighted by molar-refractivity contribution is 6.42. The van der Waals surface area contributed by atoms with Gasteiger partial charge >= 0.3 is 0 Å². The van der Waals surface area contributed by atoms with E-state index in [4.69, 9.17) is 23.2 Å². The van der Waals surface area contributed by atoms with Crippen molar-refractivity contribution in [3.05, 3.63) is 64.9 Å². The van der Waals surface area contributed by atoms with Crippen molar-refractivity contribution in [1.82, 2.24) is 14.5 Å². The van der Waals surface area contributed by atoms with Crippen molar-refractivity contribution in [1.29, 1.82) is 0 Å². The first-order valence-corrected chi connectivity index (χ1v) is 6.81. The number of hydrogen-bond donors (Lipinski definition) is 0. The zero-order valence-electron chi connectivity index (χ0n) is 10.7. The van der Waals surface area contributed by atoms with Crippen LogP contribution in [0.15, 0.2) is 49.2 Å². The third-order valence-electron chi connectivity index (χ3n) is 3.11. The van der Waals surface area contributed by atoms with Gasteiger partial charge in [0, 0.05) is 23.7 Å². The Kier molecular flexibility index (Phi) is 3.47. The van der Waals surface area contributed by atoms with Gasteiger partial charge in [0.25, 0.3) is 0 Å². The predicted octanol–water partition coefficient (Wildman–Crippen LogP) is 4.55. The zero-order valence-corrected chi connectivity index (χ0v) is 12.2. The lowest BCUT2D eigenvalue weighted by Crippen LogP contribution is -1.95. The maximum absolute atomic E-state index is 6.09. The minimum absolute atomic E-state index is 0.539. The molecule has 0 bridgehead atoms. The van der Waals surface area contributed by atoms with Crippen molar-refractivity contribution in [3.63, 3.8) is 0 Å². The molecule has 3 rings (SSSR count). The standard InChI is InChI=1S/C15H11Cl2N3/c1-10-13(11-2-3-14(16)15(17)6-11)7-12(8-19-10)20-5-4-18-9-20/h2-9H,1H3. The number of aromatic nitrogens is 3. The van der Waals surface area contributed by atoms with Crippen molar-refractivity contribution < 1.29 is 0 Å². The van der Waals surface area contributed by atoms with Crippen molar-refractivity contribution in [2.24, 2.45) is 0 Å². The van der Waals surface area contributed by atoms with E-state index in [2.05, 4.69) is 16.0 Å². The van der Waals surface area contributed by atoms with E-state index in [1.165, 1.54) is 0 Å². The van der Waals surface area contributed by atoms with Crippen LogP contribution in [0.1, 0.15) is 5.69 Å². The van der Waals surface area contributed by atoms with Crippen LogP contribution in [-0.2, 0) is 0 Å². The molecule has 0 N–H and O–H groups in total. The Labute approximate surface area is 126 Å². The first-order valence-electron chi connectivity index (χ1n) is 6.05. The Hall–Kier alpha value is -1.84. The summed E-state index contributed by atoms with van der Waals surface area (Å²) in [5.74, 6) is 0.